The van der Waals surface area contributed by atoms with Crippen molar-refractivity contribution in [2.45, 2.75) is 103 Å². The number of cyclic esters (lactones) is 4. The second kappa shape index (κ2) is 26.6. The van der Waals surface area contributed by atoms with Crippen LogP contribution < -0.4 is 21.3 Å². The molecule has 56 heavy (non-hydrogen) atoms. The molecule has 0 spiro atoms. The Balaban J connectivity index is 0.000000373. The van der Waals surface area contributed by atoms with Crippen LogP contribution in [0.2, 0.25) is 0 Å². The number of amides is 4. The molecule has 0 aromatic rings. The number of hydrogen-bond donors (Lipinski definition) is 4. The first-order chi connectivity index (χ1) is 26.7. The van der Waals surface area contributed by atoms with Crippen molar-refractivity contribution in [1.82, 2.24) is 21.3 Å². The Hall–Kier alpha value is -5.20. The summed E-state index contributed by atoms with van der Waals surface area (Å²) in [5.41, 5.74) is 0. The van der Waals surface area contributed by atoms with Crippen LogP contribution in [0.4, 0.5) is 19.2 Å². The lowest BCUT2D eigenvalue weighted by Gasteiger charge is -2.16. The zero-order valence-electron chi connectivity index (χ0n) is 32.4. The van der Waals surface area contributed by atoms with E-state index in [0.29, 0.717) is 0 Å². The van der Waals surface area contributed by atoms with Crippen LogP contribution in [0.3, 0.4) is 0 Å². The molecule has 4 aliphatic rings. The summed E-state index contributed by atoms with van der Waals surface area (Å²) in [6.07, 6.45) is -4.72. The molecule has 4 N–H and O–H groups in total. The molecule has 320 valence electrons. The number of rotatable bonds is 12. The Bertz CT molecular complexity index is 1110. The summed E-state index contributed by atoms with van der Waals surface area (Å²) in [6, 6.07) is -1.86. The summed E-state index contributed by atoms with van der Waals surface area (Å²) in [5, 5.41) is 9.92. The van der Waals surface area contributed by atoms with Gasteiger partial charge in [-0.15, -0.1) is 0 Å². The van der Waals surface area contributed by atoms with Crippen molar-refractivity contribution in [3.8, 4) is 0 Å². The quantitative estimate of drug-likeness (QED) is 0.150. The highest BCUT2D eigenvalue weighted by molar-refractivity contribution is 5.77. The minimum absolute atomic E-state index is 0.108. The molecule has 8 atom stereocenters. The van der Waals surface area contributed by atoms with E-state index in [0.717, 1.165) is 0 Å². The molecule has 0 aliphatic carbocycles. The smallest absolute Gasteiger partial charge is 0.407 e. The minimum atomic E-state index is -0.716. The summed E-state index contributed by atoms with van der Waals surface area (Å²) >= 11 is 0. The van der Waals surface area contributed by atoms with Crippen LogP contribution in [0, 0.1) is 0 Å². The molecule has 4 amide bonds. The van der Waals surface area contributed by atoms with E-state index >= 15 is 0 Å². The molecule has 24 heteroatoms. The third-order valence-corrected chi connectivity index (χ3v) is 7.09. The van der Waals surface area contributed by atoms with E-state index in [9.17, 15) is 38.4 Å². The number of nitrogens with one attached hydrogen (secondary N) is 4. The molecule has 0 aromatic carbocycles. The van der Waals surface area contributed by atoms with Crippen molar-refractivity contribution in [2.75, 3.05) is 54.9 Å². The first-order valence-corrected chi connectivity index (χ1v) is 17.3. The Kier molecular flexibility index (Phi) is 23.2. The molecule has 0 aromatic heterocycles. The Morgan fingerprint density at radius 1 is 0.429 bits per heavy atom. The molecule has 4 saturated heterocycles. The van der Waals surface area contributed by atoms with Crippen molar-refractivity contribution >= 4 is 48.3 Å². The number of alkyl carbamates (subject to hydrolysis) is 4. The number of carbonyl (C=O) groups is 8. The van der Waals surface area contributed by atoms with Gasteiger partial charge in [-0.1, -0.05) is 0 Å². The fourth-order valence-corrected chi connectivity index (χ4v) is 4.76. The molecule has 4 aliphatic heterocycles. The van der Waals surface area contributed by atoms with E-state index in [2.05, 4.69) is 40.2 Å². The van der Waals surface area contributed by atoms with Crippen LogP contribution in [0.5, 0.6) is 0 Å². The van der Waals surface area contributed by atoms with Gasteiger partial charge in [-0.25, -0.2) is 19.2 Å². The molecular weight excluding hydrogens is 760 g/mol. The molecule has 8 unspecified atom stereocenters. The van der Waals surface area contributed by atoms with Gasteiger partial charge in [0.05, 0.1) is 52.1 Å². The molecule has 4 fully saturated rings. The van der Waals surface area contributed by atoms with Gasteiger partial charge < -0.3 is 78.1 Å². The van der Waals surface area contributed by atoms with Gasteiger partial charge in [-0.05, 0) is 27.7 Å². The van der Waals surface area contributed by atoms with E-state index in [1.807, 2.05) is 0 Å². The number of esters is 4. The van der Waals surface area contributed by atoms with Crippen LogP contribution >= 0.6 is 0 Å². The van der Waals surface area contributed by atoms with E-state index in [1.54, 1.807) is 27.7 Å². The summed E-state index contributed by atoms with van der Waals surface area (Å²) in [4.78, 5) is 87.5. The monoisotopic (exact) mass is 812 g/mol. The van der Waals surface area contributed by atoms with Gasteiger partial charge in [-0.2, -0.15) is 0 Å². The lowest BCUT2D eigenvalue weighted by atomic mass is 10.2. The predicted molar refractivity (Wildman–Crippen MR) is 182 cm³/mol. The molecule has 24 nitrogen and oxygen atoms in total. The van der Waals surface area contributed by atoms with Crippen LogP contribution in [0.15, 0.2) is 0 Å². The third kappa shape index (κ3) is 18.0. The van der Waals surface area contributed by atoms with Gasteiger partial charge in [0.1, 0.15) is 24.2 Å². The van der Waals surface area contributed by atoms with Crippen molar-refractivity contribution < 1.29 is 95.2 Å². The fourth-order valence-electron chi connectivity index (χ4n) is 4.76. The first kappa shape index (κ1) is 48.8. The van der Waals surface area contributed by atoms with E-state index < -0.39 is 97.6 Å². The summed E-state index contributed by atoms with van der Waals surface area (Å²) in [6.45, 7) is 7.92. The highest BCUT2D eigenvalue weighted by atomic mass is 16.7. The van der Waals surface area contributed by atoms with E-state index in [1.165, 1.54) is 28.4 Å². The van der Waals surface area contributed by atoms with Crippen LogP contribution in [-0.4, -0.2) is 152 Å². The standard InChI is InChI=1S/4C8H13NO5/c4*1-3-13-8(11)9-5-4-6(10)14-7(5)12-2/h4*5,7H,3-4H2,1-2H3,(H,9,11). The van der Waals surface area contributed by atoms with E-state index in [-0.39, 0.29) is 52.1 Å². The maximum atomic E-state index is 11.0. The summed E-state index contributed by atoms with van der Waals surface area (Å²) < 4.78 is 57.2. The zero-order valence-corrected chi connectivity index (χ0v) is 32.4. The number of hydrogen-bond acceptors (Lipinski definition) is 20. The van der Waals surface area contributed by atoms with Crippen molar-refractivity contribution in [2.24, 2.45) is 0 Å². The average molecular weight is 813 g/mol. The van der Waals surface area contributed by atoms with Crippen LogP contribution in [0.1, 0.15) is 53.4 Å². The second-order valence-electron chi connectivity index (χ2n) is 11.1. The topological polar surface area (TPSA) is 295 Å². The molecule has 0 radical (unpaired) electrons. The van der Waals surface area contributed by atoms with Crippen LogP contribution in [-0.2, 0) is 76.0 Å². The SMILES string of the molecule is CCOC(=O)NC1CC(=O)OC1OC.CCOC(=O)NC1CC(=O)OC1OC.CCOC(=O)NC1CC(=O)OC1OC.CCOC(=O)NC1CC(=O)OC1OC. The zero-order chi connectivity index (χ0) is 42.2. The Morgan fingerprint density at radius 2 is 0.607 bits per heavy atom. The first-order valence-electron chi connectivity index (χ1n) is 17.3. The molecule has 0 bridgehead atoms. The summed E-state index contributed by atoms with van der Waals surface area (Å²) in [5.74, 6) is -1.56. The van der Waals surface area contributed by atoms with E-state index in [4.69, 9.17) is 37.9 Å². The van der Waals surface area contributed by atoms with Crippen molar-refractivity contribution in [3.63, 3.8) is 0 Å². The largest absolute Gasteiger partial charge is 0.450 e. The minimum Gasteiger partial charge on any atom is -0.450 e. The molecule has 0 saturated carbocycles. The second-order valence-corrected chi connectivity index (χ2v) is 11.1. The fraction of sp³-hybridized carbons (Fsp3) is 0.750. The van der Waals surface area contributed by atoms with Gasteiger partial charge >= 0.3 is 48.3 Å². The maximum absolute atomic E-state index is 11.0. The molecular formula is C32H52N4O20. The maximum Gasteiger partial charge on any atom is 0.407 e. The van der Waals surface area contributed by atoms with Crippen molar-refractivity contribution in [1.29, 1.82) is 0 Å². The van der Waals surface area contributed by atoms with Gasteiger partial charge in [0, 0.05) is 28.4 Å². The third-order valence-electron chi connectivity index (χ3n) is 7.09. The normalized spacial score (nSPS) is 25.7. The Labute approximate surface area is 322 Å². The number of methoxy groups -OCH3 is 4. The molecule has 4 rings (SSSR count). The number of ether oxygens (including phenoxy) is 12. The van der Waals surface area contributed by atoms with Gasteiger partial charge in [0.15, 0.2) is 0 Å². The lowest BCUT2D eigenvalue weighted by molar-refractivity contribution is -0.160. The van der Waals surface area contributed by atoms with Crippen molar-refractivity contribution in [3.05, 3.63) is 0 Å². The molecule has 4 heterocycles. The Morgan fingerprint density at radius 3 is 0.750 bits per heavy atom. The van der Waals surface area contributed by atoms with Gasteiger partial charge in [0.2, 0.25) is 25.2 Å². The highest BCUT2D eigenvalue weighted by Crippen LogP contribution is 2.18. The van der Waals surface area contributed by atoms with Crippen LogP contribution in [0.25, 0.3) is 0 Å². The predicted octanol–water partition coefficient (Wildman–Crippen LogP) is 0.0820. The highest BCUT2D eigenvalue weighted by Gasteiger charge is 2.39. The lowest BCUT2D eigenvalue weighted by Crippen LogP contribution is -2.41. The number of carbonyl (C=O) groups excluding carboxylic acids is 8. The van der Waals surface area contributed by atoms with Gasteiger partial charge in [0.25, 0.3) is 0 Å². The summed E-state index contributed by atoms with van der Waals surface area (Å²) in [7, 11) is 5.62. The van der Waals surface area contributed by atoms with Gasteiger partial charge in [-0.3, -0.25) is 19.2 Å². The average Bonchev–Trinajstić information content (AvgIpc) is 3.89.